The zero-order valence-corrected chi connectivity index (χ0v) is 12.1. The summed E-state index contributed by atoms with van der Waals surface area (Å²) >= 11 is 0. The van der Waals surface area contributed by atoms with E-state index < -0.39 is 0 Å². The van der Waals surface area contributed by atoms with Gasteiger partial charge in [0.25, 0.3) is 5.91 Å². The number of rotatable bonds is 4. The maximum Gasteiger partial charge on any atom is 0.251 e. The lowest BCUT2D eigenvalue weighted by Crippen LogP contribution is -2.23. The van der Waals surface area contributed by atoms with E-state index in [1.54, 1.807) is 0 Å². The summed E-state index contributed by atoms with van der Waals surface area (Å²) in [7, 11) is 0. The highest BCUT2D eigenvalue weighted by atomic mass is 16.1. The van der Waals surface area contributed by atoms with E-state index in [9.17, 15) is 4.79 Å². The Labute approximate surface area is 115 Å². The molecular weight excluding hydrogens is 236 g/mol. The van der Waals surface area contributed by atoms with Crippen LogP contribution in [0.15, 0.2) is 24.3 Å². The molecule has 1 atom stereocenters. The first kappa shape index (κ1) is 13.9. The standard InChI is InChI=1S/C16H24N2O/c1-4-17-15(19)12-6-5-7-13(10-12)18-14-8-9-16(2,3)11-14/h5-7,10,14,18H,4,8-9,11H2,1-3H3,(H,17,19). The molecule has 0 bridgehead atoms. The topological polar surface area (TPSA) is 41.1 Å². The summed E-state index contributed by atoms with van der Waals surface area (Å²) < 4.78 is 0. The molecule has 0 aliphatic heterocycles. The Morgan fingerprint density at radius 2 is 2.21 bits per heavy atom. The van der Waals surface area contributed by atoms with Gasteiger partial charge in [-0.2, -0.15) is 0 Å². The second-order valence-corrected chi connectivity index (χ2v) is 6.19. The highest BCUT2D eigenvalue weighted by Gasteiger charge is 2.30. The van der Waals surface area contributed by atoms with Crippen LogP contribution in [0.25, 0.3) is 0 Å². The Bertz CT molecular complexity index is 454. The smallest absolute Gasteiger partial charge is 0.251 e. The molecule has 1 unspecified atom stereocenters. The molecule has 2 rings (SSSR count). The normalized spacial score (nSPS) is 21.1. The quantitative estimate of drug-likeness (QED) is 0.871. The van der Waals surface area contributed by atoms with E-state index in [0.29, 0.717) is 18.0 Å². The van der Waals surface area contributed by atoms with Gasteiger partial charge in [0.05, 0.1) is 0 Å². The van der Waals surface area contributed by atoms with Crippen molar-refractivity contribution >= 4 is 11.6 Å². The molecule has 0 radical (unpaired) electrons. The lowest BCUT2D eigenvalue weighted by molar-refractivity contribution is 0.0956. The Balaban J connectivity index is 2.01. The lowest BCUT2D eigenvalue weighted by atomic mass is 9.92. The van der Waals surface area contributed by atoms with Crippen molar-refractivity contribution in [1.82, 2.24) is 5.32 Å². The summed E-state index contributed by atoms with van der Waals surface area (Å²) in [6.07, 6.45) is 3.66. The average Bonchev–Trinajstić information content (AvgIpc) is 2.69. The Morgan fingerprint density at radius 3 is 2.84 bits per heavy atom. The van der Waals surface area contributed by atoms with Crippen molar-refractivity contribution in [2.45, 2.75) is 46.1 Å². The molecule has 1 amide bonds. The molecule has 1 aliphatic carbocycles. The zero-order chi connectivity index (χ0) is 13.9. The molecule has 3 heteroatoms. The van der Waals surface area contributed by atoms with Gasteiger partial charge in [-0.25, -0.2) is 0 Å². The second-order valence-electron chi connectivity index (χ2n) is 6.19. The summed E-state index contributed by atoms with van der Waals surface area (Å²) in [5.41, 5.74) is 2.21. The minimum atomic E-state index is -0.00194. The van der Waals surface area contributed by atoms with Crippen LogP contribution < -0.4 is 10.6 Å². The Kier molecular flexibility index (Phi) is 4.13. The van der Waals surface area contributed by atoms with Crippen LogP contribution >= 0.6 is 0 Å². The number of hydrogen-bond donors (Lipinski definition) is 2. The van der Waals surface area contributed by atoms with Crippen LogP contribution in [0.1, 0.15) is 50.4 Å². The molecule has 0 aromatic heterocycles. The van der Waals surface area contributed by atoms with E-state index in [-0.39, 0.29) is 5.91 Å². The van der Waals surface area contributed by atoms with Gasteiger partial charge in [-0.05, 0) is 49.8 Å². The number of amides is 1. The van der Waals surface area contributed by atoms with Crippen molar-refractivity contribution in [3.05, 3.63) is 29.8 Å². The van der Waals surface area contributed by atoms with E-state index in [1.807, 2.05) is 31.2 Å². The third-order valence-electron chi connectivity index (χ3n) is 3.80. The Hall–Kier alpha value is -1.51. The highest BCUT2D eigenvalue weighted by molar-refractivity contribution is 5.95. The molecule has 19 heavy (non-hydrogen) atoms. The number of benzene rings is 1. The Morgan fingerprint density at radius 1 is 1.42 bits per heavy atom. The summed E-state index contributed by atoms with van der Waals surface area (Å²) in [4.78, 5) is 11.8. The van der Waals surface area contributed by atoms with E-state index in [2.05, 4.69) is 24.5 Å². The summed E-state index contributed by atoms with van der Waals surface area (Å²) in [5, 5.41) is 6.38. The van der Waals surface area contributed by atoms with Crippen LogP contribution in [-0.4, -0.2) is 18.5 Å². The third kappa shape index (κ3) is 3.72. The van der Waals surface area contributed by atoms with Crippen molar-refractivity contribution in [3.63, 3.8) is 0 Å². The van der Waals surface area contributed by atoms with Gasteiger partial charge in [0.2, 0.25) is 0 Å². The van der Waals surface area contributed by atoms with E-state index >= 15 is 0 Å². The fraction of sp³-hybridized carbons (Fsp3) is 0.562. The zero-order valence-electron chi connectivity index (χ0n) is 12.1. The molecule has 2 N–H and O–H groups in total. The summed E-state index contributed by atoms with van der Waals surface area (Å²) in [6, 6.07) is 8.30. The molecule has 1 aliphatic rings. The van der Waals surface area contributed by atoms with Crippen LogP contribution in [0.3, 0.4) is 0 Å². The molecular formula is C16H24N2O. The van der Waals surface area contributed by atoms with Crippen molar-refractivity contribution in [2.24, 2.45) is 5.41 Å². The largest absolute Gasteiger partial charge is 0.382 e. The lowest BCUT2D eigenvalue weighted by Gasteiger charge is -2.19. The van der Waals surface area contributed by atoms with Gasteiger partial charge in [-0.3, -0.25) is 4.79 Å². The second kappa shape index (κ2) is 5.64. The number of nitrogens with one attached hydrogen (secondary N) is 2. The van der Waals surface area contributed by atoms with Crippen LogP contribution in [0.5, 0.6) is 0 Å². The van der Waals surface area contributed by atoms with Gasteiger partial charge >= 0.3 is 0 Å². The van der Waals surface area contributed by atoms with Crippen LogP contribution in [0.4, 0.5) is 5.69 Å². The number of carbonyl (C=O) groups is 1. The fourth-order valence-electron chi connectivity index (χ4n) is 2.81. The predicted molar refractivity (Wildman–Crippen MR) is 79.5 cm³/mol. The number of hydrogen-bond acceptors (Lipinski definition) is 2. The maximum absolute atomic E-state index is 11.8. The molecule has 1 saturated carbocycles. The SMILES string of the molecule is CCNC(=O)c1cccc(NC2CCC(C)(C)C2)c1. The van der Waals surface area contributed by atoms with Gasteiger partial charge in [-0.15, -0.1) is 0 Å². The minimum Gasteiger partial charge on any atom is -0.382 e. The van der Waals surface area contributed by atoms with Crippen LogP contribution in [0.2, 0.25) is 0 Å². The predicted octanol–water partition coefficient (Wildman–Crippen LogP) is 3.43. The van der Waals surface area contributed by atoms with Crippen LogP contribution in [0, 0.1) is 5.41 Å². The van der Waals surface area contributed by atoms with Gasteiger partial charge in [0.1, 0.15) is 0 Å². The van der Waals surface area contributed by atoms with Crippen molar-refractivity contribution < 1.29 is 4.79 Å². The molecule has 104 valence electrons. The number of anilines is 1. The molecule has 1 fully saturated rings. The fourth-order valence-corrected chi connectivity index (χ4v) is 2.81. The first-order valence-corrected chi connectivity index (χ1v) is 7.15. The van der Waals surface area contributed by atoms with Gasteiger partial charge in [0.15, 0.2) is 0 Å². The van der Waals surface area contributed by atoms with Crippen molar-refractivity contribution in [3.8, 4) is 0 Å². The van der Waals surface area contributed by atoms with E-state index in [0.717, 1.165) is 11.3 Å². The first-order chi connectivity index (χ1) is 9.00. The monoisotopic (exact) mass is 260 g/mol. The van der Waals surface area contributed by atoms with Gasteiger partial charge < -0.3 is 10.6 Å². The minimum absolute atomic E-state index is 0.00194. The van der Waals surface area contributed by atoms with E-state index in [4.69, 9.17) is 0 Å². The molecule has 0 heterocycles. The molecule has 0 spiro atoms. The van der Waals surface area contributed by atoms with Crippen molar-refractivity contribution in [2.75, 3.05) is 11.9 Å². The van der Waals surface area contributed by atoms with Gasteiger partial charge in [0, 0.05) is 23.8 Å². The maximum atomic E-state index is 11.8. The molecule has 3 nitrogen and oxygen atoms in total. The highest BCUT2D eigenvalue weighted by Crippen LogP contribution is 2.38. The van der Waals surface area contributed by atoms with Crippen molar-refractivity contribution in [1.29, 1.82) is 0 Å². The van der Waals surface area contributed by atoms with Gasteiger partial charge in [-0.1, -0.05) is 19.9 Å². The first-order valence-electron chi connectivity index (χ1n) is 7.15. The third-order valence-corrected chi connectivity index (χ3v) is 3.80. The number of carbonyl (C=O) groups excluding carboxylic acids is 1. The molecule has 1 aromatic carbocycles. The molecule has 0 saturated heterocycles. The van der Waals surface area contributed by atoms with Crippen LogP contribution in [-0.2, 0) is 0 Å². The summed E-state index contributed by atoms with van der Waals surface area (Å²) in [5.74, 6) is -0.00194. The molecule has 1 aromatic rings. The average molecular weight is 260 g/mol. The van der Waals surface area contributed by atoms with E-state index in [1.165, 1.54) is 19.3 Å². The summed E-state index contributed by atoms with van der Waals surface area (Å²) in [6.45, 7) is 7.23.